The van der Waals surface area contributed by atoms with E-state index in [0.717, 1.165) is 57.3 Å². The standard InChI is InChI=1S/C23H34N6O/c1-4-29-12-19(9-25-29)10-26-13-20(21-14-28(16-24-21)17(2)3)23(15-26)7-8-27(22(23)30)11-18-5-6-18/h9,12,14,16-18,20H,4-8,10-11,13,15H2,1-3H3. The number of carbonyl (C=O) groups is 1. The molecule has 30 heavy (non-hydrogen) atoms. The number of likely N-dealkylation sites (tertiary alicyclic amines) is 2. The van der Waals surface area contributed by atoms with E-state index in [9.17, 15) is 4.79 Å². The molecule has 2 unspecified atom stereocenters. The second kappa shape index (κ2) is 7.52. The molecule has 1 saturated carbocycles. The van der Waals surface area contributed by atoms with Crippen LogP contribution in [0.5, 0.6) is 0 Å². The van der Waals surface area contributed by atoms with Gasteiger partial charge in [-0.1, -0.05) is 0 Å². The van der Waals surface area contributed by atoms with Gasteiger partial charge in [-0.25, -0.2) is 4.98 Å². The van der Waals surface area contributed by atoms with E-state index in [1.807, 2.05) is 17.2 Å². The zero-order valence-corrected chi connectivity index (χ0v) is 18.5. The number of hydrogen-bond donors (Lipinski definition) is 0. The fourth-order valence-electron chi connectivity index (χ4n) is 5.35. The maximum Gasteiger partial charge on any atom is 0.230 e. The van der Waals surface area contributed by atoms with E-state index < -0.39 is 0 Å². The maximum absolute atomic E-state index is 13.7. The molecule has 3 aliphatic rings. The minimum absolute atomic E-state index is 0.162. The van der Waals surface area contributed by atoms with Crippen LogP contribution < -0.4 is 0 Å². The fourth-order valence-corrected chi connectivity index (χ4v) is 5.35. The van der Waals surface area contributed by atoms with E-state index in [-0.39, 0.29) is 11.3 Å². The highest BCUT2D eigenvalue weighted by Gasteiger charge is 2.58. The van der Waals surface area contributed by atoms with Gasteiger partial charge in [0.25, 0.3) is 0 Å². The Kier molecular flexibility index (Phi) is 4.96. The van der Waals surface area contributed by atoms with Gasteiger partial charge < -0.3 is 9.47 Å². The Labute approximate surface area is 179 Å². The molecule has 7 heteroatoms. The van der Waals surface area contributed by atoms with Gasteiger partial charge in [-0.2, -0.15) is 5.10 Å². The number of carbonyl (C=O) groups excluding carboxylic acids is 1. The Hall–Kier alpha value is -2.15. The van der Waals surface area contributed by atoms with Crippen molar-refractivity contribution in [3.63, 3.8) is 0 Å². The quantitative estimate of drug-likeness (QED) is 0.704. The van der Waals surface area contributed by atoms with Crippen LogP contribution in [0.4, 0.5) is 0 Å². The Morgan fingerprint density at radius 1 is 1.27 bits per heavy atom. The summed E-state index contributed by atoms with van der Waals surface area (Å²) in [5, 5.41) is 4.43. The van der Waals surface area contributed by atoms with Crippen LogP contribution in [0.3, 0.4) is 0 Å². The first kappa shape index (κ1) is 19.8. The molecule has 4 heterocycles. The molecule has 0 bridgehead atoms. The Balaban J connectivity index is 1.41. The third kappa shape index (κ3) is 3.47. The second-order valence-corrected chi connectivity index (χ2v) is 9.87. The van der Waals surface area contributed by atoms with E-state index in [2.05, 4.69) is 52.6 Å². The summed E-state index contributed by atoms with van der Waals surface area (Å²) in [6.07, 6.45) is 11.7. The highest BCUT2D eigenvalue weighted by Crippen LogP contribution is 2.50. The molecule has 2 atom stereocenters. The van der Waals surface area contributed by atoms with Gasteiger partial charge in [-0.3, -0.25) is 14.4 Å². The minimum Gasteiger partial charge on any atom is -0.342 e. The SMILES string of the molecule is CCn1cc(CN2CC(c3cn(C(C)C)cn3)C3(CCN(CC4CC4)C3=O)C2)cn1. The van der Waals surface area contributed by atoms with Crippen LogP contribution in [-0.4, -0.2) is 61.2 Å². The van der Waals surface area contributed by atoms with Crippen LogP contribution in [-0.2, 0) is 17.9 Å². The molecule has 2 aromatic rings. The lowest BCUT2D eigenvalue weighted by atomic mass is 9.75. The number of hydrogen-bond acceptors (Lipinski definition) is 4. The average molecular weight is 411 g/mol. The van der Waals surface area contributed by atoms with E-state index in [4.69, 9.17) is 4.98 Å². The highest BCUT2D eigenvalue weighted by molar-refractivity contribution is 5.87. The van der Waals surface area contributed by atoms with Gasteiger partial charge in [0.15, 0.2) is 0 Å². The van der Waals surface area contributed by atoms with Crippen LogP contribution in [0, 0.1) is 11.3 Å². The summed E-state index contributed by atoms with van der Waals surface area (Å²) in [4.78, 5) is 23.1. The number of imidazole rings is 1. The van der Waals surface area contributed by atoms with Crippen LogP contribution in [0.25, 0.3) is 0 Å². The first-order chi connectivity index (χ1) is 14.5. The Bertz CT molecular complexity index is 912. The first-order valence-electron chi connectivity index (χ1n) is 11.5. The number of amides is 1. The van der Waals surface area contributed by atoms with Crippen LogP contribution in [0.15, 0.2) is 24.9 Å². The van der Waals surface area contributed by atoms with Gasteiger partial charge in [-0.05, 0) is 46.0 Å². The summed E-state index contributed by atoms with van der Waals surface area (Å²) in [7, 11) is 0. The van der Waals surface area contributed by atoms with Crippen molar-refractivity contribution in [2.45, 2.75) is 65.1 Å². The molecule has 1 spiro atoms. The maximum atomic E-state index is 13.7. The van der Waals surface area contributed by atoms with Crippen molar-refractivity contribution in [3.8, 4) is 0 Å². The van der Waals surface area contributed by atoms with Crippen molar-refractivity contribution in [2.24, 2.45) is 11.3 Å². The Morgan fingerprint density at radius 3 is 2.77 bits per heavy atom. The predicted octanol–water partition coefficient (Wildman–Crippen LogP) is 2.91. The second-order valence-electron chi connectivity index (χ2n) is 9.87. The normalized spacial score (nSPS) is 27.3. The van der Waals surface area contributed by atoms with E-state index in [0.29, 0.717) is 11.9 Å². The third-order valence-electron chi connectivity index (χ3n) is 7.32. The lowest BCUT2D eigenvalue weighted by Crippen LogP contribution is -2.40. The highest BCUT2D eigenvalue weighted by atomic mass is 16.2. The molecule has 1 amide bonds. The van der Waals surface area contributed by atoms with Crippen molar-refractivity contribution >= 4 is 5.91 Å². The lowest BCUT2D eigenvalue weighted by Gasteiger charge is -2.28. The molecule has 2 aromatic heterocycles. The molecule has 1 aliphatic carbocycles. The van der Waals surface area contributed by atoms with Crippen molar-refractivity contribution in [1.29, 1.82) is 0 Å². The van der Waals surface area contributed by atoms with Crippen molar-refractivity contribution in [3.05, 3.63) is 36.2 Å². The summed E-state index contributed by atoms with van der Waals surface area (Å²) in [6.45, 7) is 11.7. The fraction of sp³-hybridized carbons (Fsp3) is 0.696. The van der Waals surface area contributed by atoms with Gasteiger partial charge in [-0.15, -0.1) is 0 Å². The van der Waals surface area contributed by atoms with Gasteiger partial charge in [0, 0.05) is 69.2 Å². The van der Waals surface area contributed by atoms with Crippen molar-refractivity contribution in [2.75, 3.05) is 26.2 Å². The van der Waals surface area contributed by atoms with Crippen LogP contribution >= 0.6 is 0 Å². The molecular formula is C23H34N6O. The number of nitrogens with zero attached hydrogens (tertiary/aromatic N) is 6. The van der Waals surface area contributed by atoms with Gasteiger partial charge in [0.2, 0.25) is 5.91 Å². The summed E-state index contributed by atoms with van der Waals surface area (Å²) in [5.74, 6) is 1.26. The smallest absolute Gasteiger partial charge is 0.230 e. The molecule has 162 valence electrons. The monoisotopic (exact) mass is 410 g/mol. The molecule has 5 rings (SSSR count). The summed E-state index contributed by atoms with van der Waals surface area (Å²) in [5.41, 5.74) is 1.98. The largest absolute Gasteiger partial charge is 0.342 e. The molecule has 0 radical (unpaired) electrons. The Morgan fingerprint density at radius 2 is 2.10 bits per heavy atom. The molecule has 7 nitrogen and oxygen atoms in total. The topological polar surface area (TPSA) is 59.2 Å². The summed E-state index contributed by atoms with van der Waals surface area (Å²) < 4.78 is 4.14. The average Bonchev–Trinajstić information content (AvgIpc) is 3.09. The molecule has 3 fully saturated rings. The molecular weight excluding hydrogens is 376 g/mol. The van der Waals surface area contributed by atoms with Crippen LogP contribution in [0.2, 0.25) is 0 Å². The van der Waals surface area contributed by atoms with Gasteiger partial charge in [0.05, 0.1) is 23.6 Å². The first-order valence-corrected chi connectivity index (χ1v) is 11.5. The lowest BCUT2D eigenvalue weighted by molar-refractivity contribution is -0.136. The number of aryl methyl sites for hydroxylation is 1. The zero-order valence-electron chi connectivity index (χ0n) is 18.5. The molecule has 0 aromatic carbocycles. The molecule has 0 N–H and O–H groups in total. The minimum atomic E-state index is -0.328. The van der Waals surface area contributed by atoms with Crippen molar-refractivity contribution in [1.82, 2.24) is 29.1 Å². The van der Waals surface area contributed by atoms with Crippen molar-refractivity contribution < 1.29 is 4.79 Å². The third-order valence-corrected chi connectivity index (χ3v) is 7.32. The van der Waals surface area contributed by atoms with E-state index in [1.165, 1.54) is 18.4 Å². The number of aromatic nitrogens is 4. The zero-order chi connectivity index (χ0) is 20.9. The predicted molar refractivity (Wildman–Crippen MR) is 115 cm³/mol. The summed E-state index contributed by atoms with van der Waals surface area (Å²) >= 11 is 0. The van der Waals surface area contributed by atoms with Gasteiger partial charge >= 0.3 is 0 Å². The number of rotatable bonds is 7. The molecule has 2 aliphatic heterocycles. The van der Waals surface area contributed by atoms with Gasteiger partial charge in [0.1, 0.15) is 0 Å². The van der Waals surface area contributed by atoms with E-state index in [1.54, 1.807) is 0 Å². The van der Waals surface area contributed by atoms with Crippen LogP contribution in [0.1, 0.15) is 63.3 Å². The molecule has 2 saturated heterocycles. The van der Waals surface area contributed by atoms with E-state index >= 15 is 0 Å². The summed E-state index contributed by atoms with van der Waals surface area (Å²) in [6, 6.07) is 0.380.